The highest BCUT2D eigenvalue weighted by Crippen LogP contribution is 2.15. The molecular weight excluding hydrogens is 429 g/mol. The highest BCUT2D eigenvalue weighted by Gasteiger charge is 2.14. The molecule has 2 rings (SSSR count). The summed E-state index contributed by atoms with van der Waals surface area (Å²) in [5, 5.41) is 6.64. The van der Waals surface area contributed by atoms with Gasteiger partial charge in [0.25, 0.3) is 0 Å². The van der Waals surface area contributed by atoms with Gasteiger partial charge in [0, 0.05) is 26.3 Å². The van der Waals surface area contributed by atoms with Crippen LogP contribution in [0, 0.1) is 0 Å². The molecule has 1 aliphatic rings. The lowest BCUT2D eigenvalue weighted by molar-refractivity contribution is 0.0646. The van der Waals surface area contributed by atoms with Gasteiger partial charge in [0.2, 0.25) is 0 Å². The van der Waals surface area contributed by atoms with E-state index in [1.807, 2.05) is 18.2 Å². The molecule has 5 nitrogen and oxygen atoms in total. The lowest BCUT2D eigenvalue weighted by Crippen LogP contribution is -2.38. The molecule has 1 aromatic carbocycles. The zero-order valence-corrected chi connectivity index (χ0v) is 17.7. The van der Waals surface area contributed by atoms with Crippen LogP contribution in [0.1, 0.15) is 44.8 Å². The Labute approximate surface area is 169 Å². The topological polar surface area (TPSA) is 54.9 Å². The number of aliphatic imine (C=N–C) groups is 1. The highest BCUT2D eigenvalue weighted by atomic mass is 127. The molecule has 0 bridgehead atoms. The van der Waals surface area contributed by atoms with Crippen LogP contribution < -0.4 is 10.6 Å². The fraction of sp³-hybridized carbons (Fsp3) is 0.632. The predicted molar refractivity (Wildman–Crippen MR) is 114 cm³/mol. The van der Waals surface area contributed by atoms with Crippen LogP contribution in [0.25, 0.3) is 0 Å². The van der Waals surface area contributed by atoms with Gasteiger partial charge in [0.15, 0.2) is 5.96 Å². The zero-order chi connectivity index (χ0) is 17.0. The fourth-order valence-electron chi connectivity index (χ4n) is 2.68. The van der Waals surface area contributed by atoms with Crippen molar-refractivity contribution in [1.29, 1.82) is 0 Å². The first-order valence-corrected chi connectivity index (χ1v) is 9.10. The molecule has 2 N–H and O–H groups in total. The van der Waals surface area contributed by atoms with Gasteiger partial charge in [0.1, 0.15) is 0 Å². The zero-order valence-electron chi connectivity index (χ0n) is 15.4. The van der Waals surface area contributed by atoms with E-state index in [0.29, 0.717) is 0 Å². The van der Waals surface area contributed by atoms with Gasteiger partial charge < -0.3 is 20.1 Å². The Morgan fingerprint density at radius 3 is 2.80 bits per heavy atom. The summed E-state index contributed by atoms with van der Waals surface area (Å²) in [6, 6.07) is 10.3. The van der Waals surface area contributed by atoms with Gasteiger partial charge in [-0.1, -0.05) is 30.3 Å². The predicted octanol–water partition coefficient (Wildman–Crippen LogP) is 3.51. The van der Waals surface area contributed by atoms with Crippen LogP contribution in [-0.4, -0.2) is 44.9 Å². The molecule has 142 valence electrons. The van der Waals surface area contributed by atoms with Crippen molar-refractivity contribution in [3.63, 3.8) is 0 Å². The minimum atomic E-state index is 0. The number of rotatable bonds is 9. The normalized spacial score (nSPS) is 18.5. The molecule has 0 spiro atoms. The Hall–Kier alpha value is -0.860. The summed E-state index contributed by atoms with van der Waals surface area (Å²) in [4.78, 5) is 4.60. The Bertz CT molecular complexity index is 479. The first-order valence-electron chi connectivity index (χ1n) is 9.10. The molecule has 0 aromatic heterocycles. The lowest BCUT2D eigenvalue weighted by Gasteiger charge is -2.15. The summed E-state index contributed by atoms with van der Waals surface area (Å²) in [6.07, 6.45) is 3.64. The van der Waals surface area contributed by atoms with Crippen molar-refractivity contribution in [3.05, 3.63) is 35.9 Å². The van der Waals surface area contributed by atoms with Gasteiger partial charge in [-0.05, 0) is 38.7 Å². The van der Waals surface area contributed by atoms with Gasteiger partial charge in [-0.2, -0.15) is 0 Å². The third-order valence-electron chi connectivity index (χ3n) is 4.07. The van der Waals surface area contributed by atoms with Crippen LogP contribution in [-0.2, 0) is 9.47 Å². The van der Waals surface area contributed by atoms with E-state index in [1.165, 1.54) is 5.56 Å². The smallest absolute Gasteiger partial charge is 0.191 e. The number of nitrogens with zero attached hydrogens (tertiary/aromatic N) is 1. The first kappa shape index (κ1) is 22.2. The molecule has 0 aliphatic carbocycles. The molecule has 1 aliphatic heterocycles. The molecule has 1 heterocycles. The second-order valence-corrected chi connectivity index (χ2v) is 6.06. The molecule has 0 amide bonds. The Morgan fingerprint density at radius 1 is 1.32 bits per heavy atom. The minimum absolute atomic E-state index is 0. The maximum atomic E-state index is 5.89. The van der Waals surface area contributed by atoms with Gasteiger partial charge >= 0.3 is 0 Å². The fourth-order valence-corrected chi connectivity index (χ4v) is 2.68. The van der Waals surface area contributed by atoms with Crippen LogP contribution in [0.15, 0.2) is 35.3 Å². The third kappa shape index (κ3) is 8.87. The van der Waals surface area contributed by atoms with E-state index in [1.54, 1.807) is 0 Å². The Morgan fingerprint density at radius 2 is 2.12 bits per heavy atom. The van der Waals surface area contributed by atoms with Gasteiger partial charge in [-0.15, -0.1) is 24.0 Å². The van der Waals surface area contributed by atoms with Crippen molar-refractivity contribution in [2.45, 2.75) is 45.3 Å². The van der Waals surface area contributed by atoms with Crippen molar-refractivity contribution in [2.75, 3.05) is 32.8 Å². The summed E-state index contributed by atoms with van der Waals surface area (Å²) >= 11 is 0. The van der Waals surface area contributed by atoms with Crippen molar-refractivity contribution in [1.82, 2.24) is 10.6 Å². The summed E-state index contributed by atoms with van der Waals surface area (Å²) in [5.41, 5.74) is 1.22. The molecule has 25 heavy (non-hydrogen) atoms. The number of benzene rings is 1. The molecule has 2 unspecified atom stereocenters. The van der Waals surface area contributed by atoms with Crippen molar-refractivity contribution >= 4 is 29.9 Å². The van der Waals surface area contributed by atoms with E-state index in [2.05, 4.69) is 41.6 Å². The Balaban J connectivity index is 0.00000312. The summed E-state index contributed by atoms with van der Waals surface area (Å²) in [6.45, 7) is 8.22. The van der Waals surface area contributed by atoms with E-state index in [9.17, 15) is 0 Å². The van der Waals surface area contributed by atoms with Crippen LogP contribution in [0.4, 0.5) is 0 Å². The van der Waals surface area contributed by atoms with Crippen LogP contribution in [0.2, 0.25) is 0 Å². The number of hydrogen-bond acceptors (Lipinski definition) is 3. The quantitative estimate of drug-likeness (QED) is 0.256. The number of hydrogen-bond donors (Lipinski definition) is 2. The van der Waals surface area contributed by atoms with Gasteiger partial charge in [-0.3, -0.25) is 4.99 Å². The maximum absolute atomic E-state index is 5.89. The molecule has 1 aromatic rings. The van der Waals surface area contributed by atoms with E-state index < -0.39 is 0 Å². The average Bonchev–Trinajstić information content (AvgIpc) is 3.13. The number of nitrogens with one attached hydrogen (secondary N) is 2. The molecule has 0 saturated carbocycles. The number of guanidine groups is 1. The summed E-state index contributed by atoms with van der Waals surface area (Å²) in [7, 11) is 0. The largest absolute Gasteiger partial charge is 0.376 e. The van der Waals surface area contributed by atoms with Crippen LogP contribution in [0.3, 0.4) is 0 Å². The first-order chi connectivity index (χ1) is 11.8. The van der Waals surface area contributed by atoms with Gasteiger partial charge in [-0.25, -0.2) is 0 Å². The second-order valence-electron chi connectivity index (χ2n) is 6.06. The van der Waals surface area contributed by atoms with Crippen molar-refractivity contribution in [2.24, 2.45) is 4.99 Å². The molecular formula is C19H32IN3O2. The standard InChI is InChI=1S/C19H31N3O2.HI/c1-3-20-19(22-15-18-11-7-13-24-18)21-12-8-14-23-16(2)17-9-5-4-6-10-17;/h4-6,9-10,16,18H,3,7-8,11-15H2,1-2H3,(H2,20,21,22);1H. The Kier molecular flexibility index (Phi) is 11.9. The van der Waals surface area contributed by atoms with E-state index in [0.717, 1.165) is 58.1 Å². The second kappa shape index (κ2) is 13.4. The van der Waals surface area contributed by atoms with Crippen molar-refractivity contribution in [3.8, 4) is 0 Å². The maximum Gasteiger partial charge on any atom is 0.191 e. The average molecular weight is 461 g/mol. The summed E-state index contributed by atoms with van der Waals surface area (Å²) in [5.74, 6) is 0.865. The minimum Gasteiger partial charge on any atom is -0.376 e. The SMILES string of the molecule is CCNC(=NCC1CCCO1)NCCCOC(C)c1ccccc1.I. The van der Waals surface area contributed by atoms with E-state index in [-0.39, 0.29) is 36.2 Å². The monoisotopic (exact) mass is 461 g/mol. The third-order valence-corrected chi connectivity index (χ3v) is 4.07. The number of halogens is 1. The molecule has 1 fully saturated rings. The number of ether oxygens (including phenoxy) is 2. The lowest BCUT2D eigenvalue weighted by atomic mass is 10.1. The molecule has 1 saturated heterocycles. The molecule has 6 heteroatoms. The van der Waals surface area contributed by atoms with E-state index >= 15 is 0 Å². The highest BCUT2D eigenvalue weighted by molar-refractivity contribution is 14.0. The van der Waals surface area contributed by atoms with E-state index in [4.69, 9.17) is 9.47 Å². The van der Waals surface area contributed by atoms with Crippen LogP contribution >= 0.6 is 24.0 Å². The van der Waals surface area contributed by atoms with Gasteiger partial charge in [0.05, 0.1) is 18.8 Å². The molecule has 0 radical (unpaired) electrons. The molecule has 2 atom stereocenters. The summed E-state index contributed by atoms with van der Waals surface area (Å²) < 4.78 is 11.5. The van der Waals surface area contributed by atoms with Crippen LogP contribution in [0.5, 0.6) is 0 Å². The van der Waals surface area contributed by atoms with Crippen molar-refractivity contribution < 1.29 is 9.47 Å².